The third-order valence-corrected chi connectivity index (χ3v) is 24.6. The van der Waals surface area contributed by atoms with Crippen molar-refractivity contribution in [2.45, 2.75) is 27.9 Å². The molecule has 9 heterocycles. The number of aliphatic hydroxyl groups excluding tert-OH is 1. The zero-order valence-electron chi connectivity index (χ0n) is 73.6. The molecule has 4 aliphatic heterocycles. The number of nitrogens with two attached hydrogens (primary N) is 4. The van der Waals surface area contributed by atoms with Crippen LogP contribution in [0.1, 0.15) is 67.4 Å². The van der Waals surface area contributed by atoms with E-state index in [-0.39, 0.29) is 42.3 Å². The quantitative estimate of drug-likeness (QED) is 0.0105. The number of halogens is 3. The monoisotopic (exact) mass is 2130 g/mol. The highest BCUT2D eigenvalue weighted by Crippen LogP contribution is 2.34. The van der Waals surface area contributed by atoms with Crippen molar-refractivity contribution in [1.29, 1.82) is 0 Å². The Balaban J connectivity index is 0.000000185. The molecule has 41 heteroatoms. The number of aliphatic hydroxyl groups is 1. The van der Waals surface area contributed by atoms with Crippen LogP contribution < -0.4 is 57.8 Å². The first-order valence-electron chi connectivity index (χ1n) is 42.3. The average molecular weight is 2130 g/mol. The van der Waals surface area contributed by atoms with Crippen LogP contribution in [0.15, 0.2) is 188 Å². The van der Waals surface area contributed by atoms with Crippen LogP contribution in [0, 0.1) is 0 Å². The first-order valence-corrected chi connectivity index (χ1v) is 49.2. The fraction of sp³-hybridized carbons (Fsp3) is 0.330. The molecule has 13 N–H and O–H groups in total. The Morgan fingerprint density at radius 1 is 0.437 bits per heavy atom. The Morgan fingerprint density at radius 3 is 1.14 bits per heavy atom. The van der Waals surface area contributed by atoms with E-state index < -0.39 is 5.97 Å². The lowest BCUT2D eigenvalue weighted by molar-refractivity contribution is 0.0306. The van der Waals surface area contributed by atoms with Gasteiger partial charge in [-0.3, -0.25) is 29.2 Å². The molecule has 5 aromatic heterocycles. The molecule has 0 bridgehead atoms. The van der Waals surface area contributed by atoms with Crippen LogP contribution in [0.2, 0.25) is 0 Å². The van der Waals surface area contributed by atoms with Gasteiger partial charge in [-0.25, -0.2) is 34.5 Å². The summed E-state index contributed by atoms with van der Waals surface area (Å²) in [6.45, 7) is 21.3. The second-order valence-electron chi connectivity index (χ2n) is 29.3. The number of esters is 2. The number of ether oxygens (including phenoxy) is 10. The third-order valence-electron chi connectivity index (χ3n) is 20.1. The highest BCUT2D eigenvalue weighted by atomic mass is 79.9. The fourth-order valence-electron chi connectivity index (χ4n) is 13.1. The molecule has 0 atom stereocenters. The maximum Gasteiger partial charge on any atom is 0.369 e. The number of anilines is 7. The van der Waals surface area contributed by atoms with Gasteiger partial charge in [0, 0.05) is 103 Å². The maximum absolute atomic E-state index is 12.5. The molecule has 720 valence electrons. The number of para-hydroxylation sites is 2. The number of β-amino-alcohol motifs (C(OH)–C–C–N with tert-alkyl or cyclic N) is 1. The topological polar surface area (TPSA) is 419 Å². The van der Waals surface area contributed by atoms with Crippen molar-refractivity contribution in [1.82, 2.24) is 44.5 Å². The fourth-order valence-corrected chi connectivity index (χ4v) is 17.2. The summed E-state index contributed by atoms with van der Waals surface area (Å²) in [6, 6.07) is 56.9. The van der Waals surface area contributed by atoms with E-state index in [4.69, 9.17) is 75.8 Å². The summed E-state index contributed by atoms with van der Waals surface area (Å²) >= 11 is 16.8. The number of amides is 1. The number of fused-ring (bicyclic) bond motifs is 5. The zero-order valence-corrected chi connectivity index (χ0v) is 82.4. The van der Waals surface area contributed by atoms with Gasteiger partial charge in [0.1, 0.15) is 54.9 Å². The first kappa shape index (κ1) is 108. The number of aldehydes is 1. The summed E-state index contributed by atoms with van der Waals surface area (Å²) in [5.41, 5.74) is 32.6. The van der Waals surface area contributed by atoms with Gasteiger partial charge < -0.3 is 96.5 Å². The lowest BCUT2D eigenvalue weighted by Gasteiger charge is -2.26. The molecule has 0 spiro atoms. The van der Waals surface area contributed by atoms with Gasteiger partial charge in [-0.1, -0.05) is 120 Å². The van der Waals surface area contributed by atoms with Gasteiger partial charge in [-0.2, -0.15) is 0 Å². The lowest BCUT2D eigenvalue weighted by Crippen LogP contribution is -2.38. The number of nitrogen functional groups attached to an aromatic ring is 4. The number of benzene rings is 9. The van der Waals surface area contributed by atoms with Gasteiger partial charge in [-0.15, -0.1) is 47.3 Å². The molecule has 4 saturated heterocycles. The maximum atomic E-state index is 12.5. The van der Waals surface area contributed by atoms with Crippen molar-refractivity contribution >= 4 is 219 Å². The summed E-state index contributed by atoms with van der Waals surface area (Å²) in [5, 5.41) is 30.6. The number of aromatic nitrogens is 5. The van der Waals surface area contributed by atoms with Gasteiger partial charge in [0.05, 0.1) is 154 Å². The van der Waals surface area contributed by atoms with Crippen LogP contribution in [0.3, 0.4) is 0 Å². The standard InChI is InChI=1S/C27H29N5O3S.C22H25N3O4S.C13H17N3O2S.C9H8O3.C8H8N2OS.C7H6N2OS.C6H13NO2.2CH4.BBr3/c28-22-3-1-2-4-23(22)30-26(33)20-7-5-19(6-8-20)18-29-27-31-24-10-9-21(17-25(24)36-27)35-16-13-32-11-14-34-15-12-32;1-27-21(26)17-4-2-16(3-5-17)15-23-22-24-19-7-6-18(14-20(19)30-22)29-13-10-25-8-11-28-12-9-25;14-13-15-11-2-1-10(9-12(11)19-13)18-8-5-16-3-6-17-7-4-16;1-12-9(11)8-4-2-7(6-10)3-5-8;1-11-5-2-3-6-7(4-5)12-8(9)10-6;8-7-9-5-2-1-4(10)3-6(5)11-7;8-4-1-7-2-5-9-6-3-7;;;2-1(3)4/h1-10,17H,11-16,18,28H2,(H,29,31)(H,30,33);2-7,14H,8-13,15H2,1H3,(H,23,24);1-2,9H,3-8H2,(H2,14,15);2-6H,1H3;2-4H,1H3,(H2,9,10);1-3,10H,(H2,8,9);8H,1-6H2;2*1H4;. The first-order chi connectivity index (χ1) is 64.6. The van der Waals surface area contributed by atoms with Crippen LogP contribution in [-0.2, 0) is 41.5 Å². The number of aromatic hydroxyl groups is 1. The molecule has 18 rings (SSSR count). The van der Waals surface area contributed by atoms with Gasteiger partial charge in [0.25, 0.3) is 5.91 Å². The molecule has 9 aromatic carbocycles. The largest absolute Gasteiger partial charge is 0.508 e. The Bertz CT molecular complexity index is 5930. The molecular formula is C94H114BBr3N16O16S5. The third kappa shape index (κ3) is 36.8. The molecule has 0 radical (unpaired) electrons. The number of carbonyl (C=O) groups is 4. The minimum absolute atomic E-state index is 0. The van der Waals surface area contributed by atoms with Crippen molar-refractivity contribution in [2.75, 3.05) is 218 Å². The molecule has 4 fully saturated rings. The van der Waals surface area contributed by atoms with Crippen molar-refractivity contribution in [3.8, 4) is 28.7 Å². The normalized spacial score (nSPS) is 13.6. The molecule has 0 saturated carbocycles. The Kier molecular flexibility index (Phi) is 46.6. The van der Waals surface area contributed by atoms with Gasteiger partial charge in [0.15, 0.2) is 25.7 Å². The molecule has 135 heavy (non-hydrogen) atoms. The van der Waals surface area contributed by atoms with Gasteiger partial charge in [0.2, 0.25) is 0 Å². The van der Waals surface area contributed by atoms with E-state index >= 15 is 0 Å². The van der Waals surface area contributed by atoms with Crippen LogP contribution in [-0.4, -0.2) is 261 Å². The number of thiazole rings is 5. The van der Waals surface area contributed by atoms with E-state index in [2.05, 4.69) is 112 Å². The zero-order chi connectivity index (χ0) is 94.1. The van der Waals surface area contributed by atoms with Crippen molar-refractivity contribution in [3.05, 3.63) is 221 Å². The number of hydrogen-bond donors (Lipinski definition) is 9. The highest BCUT2D eigenvalue weighted by Gasteiger charge is 2.18. The predicted octanol–water partition coefficient (Wildman–Crippen LogP) is 16.9. The van der Waals surface area contributed by atoms with E-state index in [0.717, 1.165) is 233 Å². The van der Waals surface area contributed by atoms with Gasteiger partial charge >= 0.3 is 15.1 Å². The minimum Gasteiger partial charge on any atom is -0.508 e. The van der Waals surface area contributed by atoms with E-state index in [1.165, 1.54) is 48.2 Å². The summed E-state index contributed by atoms with van der Waals surface area (Å²) in [7, 11) is 4.34. The SMILES string of the molecule is BrB(Br)Br.C.C.COC(=O)c1ccc(C=O)cc1.COC(=O)c1ccc(CNc2nc3ccc(OCCN4CCOCC4)cc3s2)cc1.COc1ccc2nc(N)sc2c1.Nc1ccccc1NC(=O)c1ccc(CNc2nc3ccc(OCCN4CCOCC4)cc3s2)cc1.Nc1nc2ccc(O)cc2s1.Nc1nc2ccc(OCCN3CCOCC3)cc2s1.OCCN1CCOCC1. The van der Waals surface area contributed by atoms with E-state index in [9.17, 15) is 19.2 Å². The molecule has 0 aliphatic carbocycles. The number of carbonyl (C=O) groups excluding carboxylic acids is 4. The molecule has 0 unspecified atom stereocenters. The molecule has 32 nitrogen and oxygen atoms in total. The number of hydrogen-bond acceptors (Lipinski definition) is 36. The number of morpholine rings is 4. The Hall–Kier alpha value is -10.5. The van der Waals surface area contributed by atoms with Crippen LogP contribution in [0.5, 0.6) is 28.7 Å². The Labute approximate surface area is 830 Å². The second-order valence-corrected chi connectivity index (χ2v) is 40.9. The van der Waals surface area contributed by atoms with Crippen molar-refractivity contribution in [3.63, 3.8) is 0 Å². The summed E-state index contributed by atoms with van der Waals surface area (Å²) in [5.74, 6) is 2.77. The predicted molar refractivity (Wildman–Crippen MR) is 559 cm³/mol. The van der Waals surface area contributed by atoms with Crippen molar-refractivity contribution in [2.24, 2.45) is 0 Å². The van der Waals surface area contributed by atoms with E-state index in [0.29, 0.717) is 81.9 Å². The van der Waals surface area contributed by atoms with Gasteiger partial charge in [-0.05, 0) is 151 Å². The number of phenols is 1. The molecule has 14 aromatic rings. The number of methoxy groups -OCH3 is 3. The summed E-state index contributed by atoms with van der Waals surface area (Å²) < 4.78 is 58.6. The molecular weight excluding hydrogens is 2020 g/mol. The van der Waals surface area contributed by atoms with Crippen molar-refractivity contribution < 1.29 is 76.8 Å². The van der Waals surface area contributed by atoms with Crippen LogP contribution in [0.4, 0.5) is 37.0 Å². The number of rotatable bonds is 26. The molecule has 4 aliphatic rings. The highest BCUT2D eigenvalue weighted by molar-refractivity contribution is 9.69. The Morgan fingerprint density at radius 2 is 0.770 bits per heavy atom. The average Bonchev–Trinajstić information content (AvgIpc) is 1.69. The summed E-state index contributed by atoms with van der Waals surface area (Å²) in [6.07, 6.45) is 0.723. The minimum atomic E-state index is -0.396. The van der Waals surface area contributed by atoms with Crippen LogP contribution in [0.25, 0.3) is 51.1 Å². The smallest absolute Gasteiger partial charge is 0.369 e. The van der Waals surface area contributed by atoms with E-state index in [1.807, 2.05) is 121 Å². The number of phenolic OH excluding ortho intramolecular Hbond substituents is 1. The van der Waals surface area contributed by atoms with Crippen LogP contribution >= 0.6 is 104 Å². The number of nitrogens with one attached hydrogen (secondary N) is 3. The summed E-state index contributed by atoms with van der Waals surface area (Å²) in [4.78, 5) is 76.2. The van der Waals surface area contributed by atoms with E-state index in [1.54, 1.807) is 96.5 Å². The lowest BCUT2D eigenvalue weighted by atomic mass is 10.1. The number of nitrogens with zero attached hydrogens (tertiary/aromatic N) is 9. The second kappa shape index (κ2) is 58.1. The molecule has 1 amide bonds.